The zero-order chi connectivity index (χ0) is 15.7. The molecule has 0 saturated heterocycles. The highest BCUT2D eigenvalue weighted by molar-refractivity contribution is 5.35. The third-order valence-corrected chi connectivity index (χ3v) is 3.88. The quantitative estimate of drug-likeness (QED) is 0.694. The first-order chi connectivity index (χ1) is 10.1. The van der Waals surface area contributed by atoms with Gasteiger partial charge in [0.2, 0.25) is 0 Å². The molecule has 0 bridgehead atoms. The standard InChI is InChI=1S/C18H31NO2/c1-5-7-12-19(6-2)13-16(20)14-21-18-11-9-8-10-17(18)15(3)4/h8-11,15-16,20H,5-7,12-14H2,1-4H3/p+1/t16-/m0/s1. The number of aliphatic hydroxyl groups is 1. The largest absolute Gasteiger partial charge is 0.490 e. The fourth-order valence-corrected chi connectivity index (χ4v) is 2.52. The molecule has 0 spiro atoms. The predicted molar refractivity (Wildman–Crippen MR) is 88.2 cm³/mol. The highest BCUT2D eigenvalue weighted by Gasteiger charge is 2.15. The van der Waals surface area contributed by atoms with E-state index in [1.165, 1.54) is 23.3 Å². The number of para-hydroxylation sites is 1. The van der Waals surface area contributed by atoms with Crippen molar-refractivity contribution in [2.45, 2.75) is 52.6 Å². The lowest BCUT2D eigenvalue weighted by molar-refractivity contribution is -0.901. The van der Waals surface area contributed by atoms with Crippen molar-refractivity contribution in [2.75, 3.05) is 26.2 Å². The van der Waals surface area contributed by atoms with E-state index in [2.05, 4.69) is 33.8 Å². The normalized spacial score (nSPS) is 14.2. The molecule has 21 heavy (non-hydrogen) atoms. The van der Waals surface area contributed by atoms with Crippen molar-refractivity contribution in [1.82, 2.24) is 0 Å². The van der Waals surface area contributed by atoms with Gasteiger partial charge in [0.05, 0.1) is 13.1 Å². The molecule has 0 aliphatic heterocycles. The molecule has 120 valence electrons. The van der Waals surface area contributed by atoms with Gasteiger partial charge in [-0.1, -0.05) is 45.4 Å². The van der Waals surface area contributed by atoms with Crippen LogP contribution in [-0.4, -0.2) is 37.5 Å². The number of hydrogen-bond acceptors (Lipinski definition) is 2. The van der Waals surface area contributed by atoms with Gasteiger partial charge in [-0.3, -0.25) is 0 Å². The molecule has 1 rings (SSSR count). The summed E-state index contributed by atoms with van der Waals surface area (Å²) >= 11 is 0. The maximum absolute atomic E-state index is 10.2. The molecule has 2 atom stereocenters. The summed E-state index contributed by atoms with van der Waals surface area (Å²) in [7, 11) is 0. The van der Waals surface area contributed by atoms with Gasteiger partial charge in [-0.2, -0.15) is 0 Å². The number of hydrogen-bond donors (Lipinski definition) is 2. The van der Waals surface area contributed by atoms with Gasteiger partial charge >= 0.3 is 0 Å². The molecular formula is C18H32NO2+. The maximum Gasteiger partial charge on any atom is 0.137 e. The van der Waals surface area contributed by atoms with E-state index >= 15 is 0 Å². The van der Waals surface area contributed by atoms with Crippen LogP contribution in [0.3, 0.4) is 0 Å². The first kappa shape index (κ1) is 18.0. The van der Waals surface area contributed by atoms with Gasteiger partial charge in [-0.25, -0.2) is 0 Å². The van der Waals surface area contributed by atoms with Crippen molar-refractivity contribution in [3.8, 4) is 5.75 Å². The van der Waals surface area contributed by atoms with E-state index in [4.69, 9.17) is 4.74 Å². The van der Waals surface area contributed by atoms with Crippen molar-refractivity contribution in [1.29, 1.82) is 0 Å². The second-order valence-corrected chi connectivity index (χ2v) is 6.07. The van der Waals surface area contributed by atoms with Gasteiger partial charge < -0.3 is 14.7 Å². The summed E-state index contributed by atoms with van der Waals surface area (Å²) < 4.78 is 5.85. The van der Waals surface area contributed by atoms with Gasteiger partial charge in [-0.15, -0.1) is 0 Å². The van der Waals surface area contributed by atoms with Crippen LogP contribution in [0.1, 0.15) is 52.0 Å². The Bertz CT molecular complexity index is 393. The molecule has 0 amide bonds. The molecule has 1 aromatic carbocycles. The van der Waals surface area contributed by atoms with Crippen molar-refractivity contribution in [2.24, 2.45) is 0 Å². The zero-order valence-corrected chi connectivity index (χ0v) is 14.1. The molecule has 2 N–H and O–H groups in total. The van der Waals surface area contributed by atoms with Gasteiger partial charge in [0.25, 0.3) is 0 Å². The molecule has 0 aromatic heterocycles. The van der Waals surface area contributed by atoms with Crippen LogP contribution in [0.4, 0.5) is 0 Å². The van der Waals surface area contributed by atoms with Gasteiger partial charge in [0.1, 0.15) is 25.0 Å². The number of likely N-dealkylation sites (N-methyl/N-ethyl adjacent to an activating group) is 1. The molecule has 0 fully saturated rings. The lowest BCUT2D eigenvalue weighted by Crippen LogP contribution is -3.13. The molecule has 0 aliphatic rings. The van der Waals surface area contributed by atoms with E-state index in [9.17, 15) is 5.11 Å². The lowest BCUT2D eigenvalue weighted by atomic mass is 10.0. The SMILES string of the molecule is CCCC[NH+](CC)C[C@H](O)COc1ccccc1C(C)C. The third kappa shape index (κ3) is 6.49. The molecule has 0 aliphatic carbocycles. The Labute approximate surface area is 129 Å². The molecule has 1 unspecified atom stereocenters. The van der Waals surface area contributed by atoms with Crippen molar-refractivity contribution in [3.63, 3.8) is 0 Å². The fourth-order valence-electron chi connectivity index (χ4n) is 2.52. The highest BCUT2D eigenvalue weighted by atomic mass is 16.5. The van der Waals surface area contributed by atoms with Crippen LogP contribution in [0.15, 0.2) is 24.3 Å². The molecule has 3 heteroatoms. The lowest BCUT2D eigenvalue weighted by Gasteiger charge is -2.21. The van der Waals surface area contributed by atoms with E-state index in [1.807, 2.05) is 18.2 Å². The zero-order valence-electron chi connectivity index (χ0n) is 14.1. The van der Waals surface area contributed by atoms with Crippen LogP contribution in [0.2, 0.25) is 0 Å². The Morgan fingerprint density at radius 2 is 1.90 bits per heavy atom. The summed E-state index contributed by atoms with van der Waals surface area (Å²) in [6.07, 6.45) is 2.02. The van der Waals surface area contributed by atoms with E-state index in [0.717, 1.165) is 25.4 Å². The number of quaternary nitrogens is 1. The van der Waals surface area contributed by atoms with Crippen LogP contribution in [0, 0.1) is 0 Å². The van der Waals surface area contributed by atoms with Crippen molar-refractivity contribution >= 4 is 0 Å². The minimum Gasteiger partial charge on any atom is -0.490 e. The van der Waals surface area contributed by atoms with E-state index < -0.39 is 6.10 Å². The fraction of sp³-hybridized carbons (Fsp3) is 0.667. The summed E-state index contributed by atoms with van der Waals surface area (Å²) in [5, 5.41) is 10.2. The van der Waals surface area contributed by atoms with Crippen LogP contribution < -0.4 is 9.64 Å². The summed E-state index contributed by atoms with van der Waals surface area (Å²) in [5.74, 6) is 1.33. The average molecular weight is 294 g/mol. The van der Waals surface area contributed by atoms with E-state index in [0.29, 0.717) is 12.5 Å². The predicted octanol–water partition coefficient (Wildman–Crippen LogP) is 2.25. The third-order valence-electron chi connectivity index (χ3n) is 3.88. The Balaban J connectivity index is 2.47. The first-order valence-corrected chi connectivity index (χ1v) is 8.31. The van der Waals surface area contributed by atoms with Crippen LogP contribution in [0.5, 0.6) is 5.75 Å². The number of benzene rings is 1. The Morgan fingerprint density at radius 1 is 1.19 bits per heavy atom. The van der Waals surface area contributed by atoms with E-state index in [1.54, 1.807) is 0 Å². The first-order valence-electron chi connectivity index (χ1n) is 8.31. The summed E-state index contributed by atoms with van der Waals surface area (Å²) in [6.45, 7) is 12.0. The number of aliphatic hydroxyl groups excluding tert-OH is 1. The summed E-state index contributed by atoms with van der Waals surface area (Å²) in [5.41, 5.74) is 1.20. The van der Waals surface area contributed by atoms with Crippen LogP contribution in [-0.2, 0) is 0 Å². The van der Waals surface area contributed by atoms with Crippen molar-refractivity contribution < 1.29 is 14.7 Å². The second kappa shape index (κ2) is 9.80. The van der Waals surface area contributed by atoms with E-state index in [-0.39, 0.29) is 0 Å². The smallest absolute Gasteiger partial charge is 0.137 e. The average Bonchev–Trinajstić information content (AvgIpc) is 2.49. The summed E-state index contributed by atoms with van der Waals surface area (Å²) in [6, 6.07) is 8.10. The minimum absolute atomic E-state index is 0.374. The molecule has 0 heterocycles. The number of nitrogens with one attached hydrogen (secondary N) is 1. The van der Waals surface area contributed by atoms with Crippen LogP contribution >= 0.6 is 0 Å². The molecule has 3 nitrogen and oxygen atoms in total. The van der Waals surface area contributed by atoms with Gasteiger partial charge in [-0.05, 0) is 30.9 Å². The van der Waals surface area contributed by atoms with Crippen LogP contribution in [0.25, 0.3) is 0 Å². The Morgan fingerprint density at radius 3 is 2.52 bits per heavy atom. The highest BCUT2D eigenvalue weighted by Crippen LogP contribution is 2.25. The molecular weight excluding hydrogens is 262 g/mol. The van der Waals surface area contributed by atoms with Gasteiger partial charge in [0, 0.05) is 0 Å². The Hall–Kier alpha value is -1.06. The topological polar surface area (TPSA) is 33.9 Å². The molecule has 0 saturated carbocycles. The Kier molecular flexibility index (Phi) is 8.40. The maximum atomic E-state index is 10.2. The number of ether oxygens (including phenoxy) is 1. The number of unbranched alkanes of at least 4 members (excludes halogenated alkanes) is 1. The minimum atomic E-state index is -0.406. The second-order valence-electron chi connectivity index (χ2n) is 6.07. The molecule has 0 radical (unpaired) electrons. The monoisotopic (exact) mass is 294 g/mol. The van der Waals surface area contributed by atoms with Gasteiger partial charge in [0.15, 0.2) is 0 Å². The molecule has 1 aromatic rings. The number of rotatable bonds is 10. The summed E-state index contributed by atoms with van der Waals surface area (Å²) in [4.78, 5) is 1.45. The van der Waals surface area contributed by atoms with Crippen molar-refractivity contribution in [3.05, 3.63) is 29.8 Å².